The van der Waals surface area contributed by atoms with Gasteiger partial charge in [-0.3, -0.25) is 0 Å². The number of nitrogens with one attached hydrogen (secondary N) is 1. The highest BCUT2D eigenvalue weighted by atomic mass is 16.6. The number of hydrogen-bond acceptors (Lipinski definition) is 7. The predicted octanol–water partition coefficient (Wildman–Crippen LogP) is 3.34. The second kappa shape index (κ2) is 13.9. The molecule has 1 amide bonds. The number of amides is 1. The number of azide groups is 1. The van der Waals surface area contributed by atoms with Crippen molar-refractivity contribution in [2.75, 3.05) is 52.8 Å². The molecule has 1 aliphatic rings. The summed E-state index contributed by atoms with van der Waals surface area (Å²) < 4.78 is 21.2. The third kappa shape index (κ3) is 7.69. The quantitative estimate of drug-likeness (QED) is 0.170. The number of aliphatic carboxylic acids is 1. The molecule has 0 saturated heterocycles. The lowest BCUT2D eigenvalue weighted by Gasteiger charge is -2.17. The summed E-state index contributed by atoms with van der Waals surface area (Å²) in [7, 11) is 0. The van der Waals surface area contributed by atoms with Gasteiger partial charge in [0.25, 0.3) is 0 Å². The van der Waals surface area contributed by atoms with Crippen LogP contribution in [0.4, 0.5) is 4.79 Å². The van der Waals surface area contributed by atoms with Gasteiger partial charge in [-0.1, -0.05) is 53.6 Å². The van der Waals surface area contributed by atoms with E-state index in [0.717, 1.165) is 22.3 Å². The third-order valence-electron chi connectivity index (χ3n) is 5.36. The number of carbonyl (C=O) groups excluding carboxylic acids is 1. The van der Waals surface area contributed by atoms with E-state index in [9.17, 15) is 14.7 Å². The minimum atomic E-state index is -1.25. The molecule has 0 radical (unpaired) electrons. The Balaban J connectivity index is 1.37. The number of carbonyl (C=O) groups is 2. The Hall–Kier alpha value is -3.63. The van der Waals surface area contributed by atoms with Crippen LogP contribution in [0.25, 0.3) is 21.6 Å². The highest BCUT2D eigenvalue weighted by molar-refractivity contribution is 5.81. The fraction of sp³-hybridized carbons (Fsp3) is 0.417. The Morgan fingerprint density at radius 3 is 2.11 bits per heavy atom. The topological polar surface area (TPSA) is 152 Å². The van der Waals surface area contributed by atoms with E-state index in [-0.39, 0.29) is 38.9 Å². The zero-order chi connectivity index (χ0) is 24.9. The number of rotatable bonds is 15. The van der Waals surface area contributed by atoms with Crippen molar-refractivity contribution < 1.29 is 33.6 Å². The van der Waals surface area contributed by atoms with Gasteiger partial charge in [-0.05, 0) is 27.8 Å². The molecule has 2 aromatic rings. The van der Waals surface area contributed by atoms with Crippen LogP contribution in [-0.2, 0) is 23.7 Å². The molecule has 0 aromatic heterocycles. The summed E-state index contributed by atoms with van der Waals surface area (Å²) in [5.74, 6) is -1.35. The number of hydrogen-bond donors (Lipinski definition) is 2. The number of fused-ring (bicyclic) bond motifs is 3. The fourth-order valence-electron chi connectivity index (χ4n) is 3.75. The first-order valence-electron chi connectivity index (χ1n) is 11.2. The van der Waals surface area contributed by atoms with Crippen LogP contribution in [0.1, 0.15) is 17.0 Å². The van der Waals surface area contributed by atoms with E-state index in [1.165, 1.54) is 0 Å². The molecule has 1 aliphatic carbocycles. The maximum atomic E-state index is 12.3. The van der Waals surface area contributed by atoms with E-state index in [2.05, 4.69) is 15.3 Å². The van der Waals surface area contributed by atoms with Gasteiger partial charge in [-0.2, -0.15) is 0 Å². The lowest BCUT2D eigenvalue weighted by Crippen LogP contribution is -2.44. The van der Waals surface area contributed by atoms with Crippen LogP contribution < -0.4 is 5.32 Å². The molecule has 186 valence electrons. The molecule has 0 bridgehead atoms. The molecule has 1 atom stereocenters. The maximum Gasteiger partial charge on any atom is 0.407 e. The predicted molar refractivity (Wildman–Crippen MR) is 126 cm³/mol. The Bertz CT molecular complexity index is 997. The molecule has 2 N–H and O–H groups in total. The van der Waals surface area contributed by atoms with Gasteiger partial charge in [0.2, 0.25) is 0 Å². The minimum Gasteiger partial charge on any atom is -0.480 e. The summed E-state index contributed by atoms with van der Waals surface area (Å²) in [6.45, 7) is 1.46. The van der Waals surface area contributed by atoms with Crippen molar-refractivity contribution in [1.29, 1.82) is 0 Å². The normalized spacial score (nSPS) is 12.8. The summed E-state index contributed by atoms with van der Waals surface area (Å²) in [5, 5.41) is 15.1. The van der Waals surface area contributed by atoms with Gasteiger partial charge in [0.05, 0.1) is 39.6 Å². The summed E-state index contributed by atoms with van der Waals surface area (Å²) >= 11 is 0. The molecule has 11 nitrogen and oxygen atoms in total. The highest BCUT2D eigenvalue weighted by Crippen LogP contribution is 2.44. The summed E-state index contributed by atoms with van der Waals surface area (Å²) in [5.41, 5.74) is 12.5. The molecule has 0 unspecified atom stereocenters. The first-order chi connectivity index (χ1) is 17.1. The van der Waals surface area contributed by atoms with E-state index in [0.29, 0.717) is 19.8 Å². The molecule has 0 saturated carbocycles. The largest absolute Gasteiger partial charge is 0.480 e. The lowest BCUT2D eigenvalue weighted by atomic mass is 9.98. The summed E-state index contributed by atoms with van der Waals surface area (Å²) in [6.07, 6.45) is -0.822. The summed E-state index contributed by atoms with van der Waals surface area (Å²) in [4.78, 5) is 26.4. The molecule has 3 rings (SSSR count). The number of alkyl carbamates (subject to hydrolysis) is 1. The van der Waals surface area contributed by atoms with Crippen LogP contribution in [0.15, 0.2) is 53.6 Å². The highest BCUT2D eigenvalue weighted by Gasteiger charge is 2.29. The lowest BCUT2D eigenvalue weighted by molar-refractivity contribution is -0.141. The number of carboxylic acid groups (broad SMARTS) is 1. The van der Waals surface area contributed by atoms with Crippen LogP contribution in [0.5, 0.6) is 0 Å². The standard InChI is InChI=1S/C24H28N4O7/c25-28-26-9-10-32-11-12-33-13-14-34-16-22(23(29)30)27-24(31)35-15-21-19-7-3-1-5-17(19)18-6-2-4-8-20(18)21/h1-8,21-22H,9-16H2,(H,27,31)(H,29,30)/t22-/m1/s1. The third-order valence-corrected chi connectivity index (χ3v) is 5.36. The van der Waals surface area contributed by atoms with Crippen LogP contribution in [0.3, 0.4) is 0 Å². The minimum absolute atomic E-state index is 0.0891. The van der Waals surface area contributed by atoms with Crippen LogP contribution in [-0.4, -0.2) is 76.0 Å². The number of benzene rings is 2. The average molecular weight is 485 g/mol. The van der Waals surface area contributed by atoms with Crippen LogP contribution in [0, 0.1) is 0 Å². The Labute approximate surface area is 202 Å². The zero-order valence-corrected chi connectivity index (χ0v) is 19.2. The fourth-order valence-corrected chi connectivity index (χ4v) is 3.75. The SMILES string of the molecule is [N-]=[N+]=NCCOCCOCCOC[C@@H](NC(=O)OCC1c2ccccc2-c2ccccc21)C(=O)O. The van der Waals surface area contributed by atoms with Gasteiger partial charge >= 0.3 is 12.1 Å². The number of nitrogens with zero attached hydrogens (tertiary/aromatic N) is 3. The molecule has 0 heterocycles. The van der Waals surface area contributed by atoms with Gasteiger partial charge in [0.1, 0.15) is 6.61 Å². The molecule has 11 heteroatoms. The molecule has 0 spiro atoms. The van der Waals surface area contributed by atoms with Crippen molar-refractivity contribution in [3.05, 3.63) is 70.1 Å². The maximum absolute atomic E-state index is 12.3. The molecule has 0 fully saturated rings. The summed E-state index contributed by atoms with van der Waals surface area (Å²) in [6, 6.07) is 14.7. The first-order valence-corrected chi connectivity index (χ1v) is 11.2. The Morgan fingerprint density at radius 2 is 1.51 bits per heavy atom. The molecular formula is C24H28N4O7. The number of ether oxygens (including phenoxy) is 4. The van der Waals surface area contributed by atoms with E-state index in [1.54, 1.807) is 0 Å². The molecular weight excluding hydrogens is 456 g/mol. The monoisotopic (exact) mass is 484 g/mol. The van der Waals surface area contributed by atoms with Crippen molar-refractivity contribution in [3.8, 4) is 11.1 Å². The van der Waals surface area contributed by atoms with Crippen molar-refractivity contribution >= 4 is 12.1 Å². The van der Waals surface area contributed by atoms with Gasteiger partial charge in [0, 0.05) is 17.4 Å². The first kappa shape index (κ1) is 26.0. The second-order valence-corrected chi connectivity index (χ2v) is 7.61. The second-order valence-electron chi connectivity index (χ2n) is 7.61. The number of carboxylic acids is 1. The van der Waals surface area contributed by atoms with Crippen molar-refractivity contribution in [1.82, 2.24) is 5.32 Å². The van der Waals surface area contributed by atoms with Gasteiger partial charge in [-0.25, -0.2) is 9.59 Å². The Morgan fingerprint density at radius 1 is 0.943 bits per heavy atom. The smallest absolute Gasteiger partial charge is 0.407 e. The van der Waals surface area contributed by atoms with Crippen molar-refractivity contribution in [2.24, 2.45) is 5.11 Å². The van der Waals surface area contributed by atoms with Gasteiger partial charge < -0.3 is 29.4 Å². The van der Waals surface area contributed by atoms with E-state index >= 15 is 0 Å². The zero-order valence-electron chi connectivity index (χ0n) is 19.2. The van der Waals surface area contributed by atoms with Gasteiger partial charge in [0.15, 0.2) is 6.04 Å². The molecule has 2 aromatic carbocycles. The van der Waals surface area contributed by atoms with E-state index < -0.39 is 18.1 Å². The van der Waals surface area contributed by atoms with E-state index in [1.807, 2.05) is 48.5 Å². The average Bonchev–Trinajstić information content (AvgIpc) is 3.19. The van der Waals surface area contributed by atoms with Crippen LogP contribution >= 0.6 is 0 Å². The van der Waals surface area contributed by atoms with E-state index in [4.69, 9.17) is 24.5 Å². The Kier molecular flexibility index (Phi) is 10.3. The molecule has 0 aliphatic heterocycles. The van der Waals surface area contributed by atoms with Gasteiger partial charge in [-0.15, -0.1) is 0 Å². The van der Waals surface area contributed by atoms with Crippen molar-refractivity contribution in [3.63, 3.8) is 0 Å². The van der Waals surface area contributed by atoms with Crippen LogP contribution in [0.2, 0.25) is 0 Å². The van der Waals surface area contributed by atoms with Crippen molar-refractivity contribution in [2.45, 2.75) is 12.0 Å². The molecule has 35 heavy (non-hydrogen) atoms.